The van der Waals surface area contributed by atoms with Crippen molar-refractivity contribution < 1.29 is 4.57 Å². The Morgan fingerprint density at radius 1 is 0.436 bits per heavy atom. The Bertz CT molecular complexity index is 605. The number of hydrogen-bond donors (Lipinski definition) is 0. The molecule has 1 rings (SSSR count). The molecule has 0 aliphatic rings. The van der Waals surface area contributed by atoms with E-state index in [-0.39, 0.29) is 0 Å². The van der Waals surface area contributed by atoms with Gasteiger partial charge in [0.1, 0.15) is 12.4 Å². The van der Waals surface area contributed by atoms with E-state index in [1.807, 2.05) is 0 Å². The normalized spacial score (nSPS) is 11.6. The summed E-state index contributed by atoms with van der Waals surface area (Å²) in [4.78, 5) is 0. The molecule has 0 aliphatic heterocycles. The predicted octanol–water partition coefficient (Wildman–Crippen LogP) is 12.3. The predicted molar refractivity (Wildman–Crippen MR) is 175 cm³/mol. The van der Waals surface area contributed by atoms with Crippen molar-refractivity contribution in [2.75, 3.05) is 0 Å². The van der Waals surface area contributed by atoms with Gasteiger partial charge in [0.25, 0.3) is 5.82 Å². The highest BCUT2D eigenvalue weighted by Gasteiger charge is 2.16. The van der Waals surface area contributed by atoms with Gasteiger partial charge in [-0.05, 0) is 32.1 Å². The Kier molecular flexibility index (Phi) is 26.7. The summed E-state index contributed by atoms with van der Waals surface area (Å²) >= 11 is 0. The van der Waals surface area contributed by atoms with Crippen molar-refractivity contribution in [2.45, 2.75) is 220 Å². The standard InChI is InChI=1S/C37H73N2/c1-4-7-10-12-14-16-17-18-19-20-21-22-23-24-26-28-31-34-39-36-35-38(33-30-9-6-3)37(39)32-29-27-25-15-13-11-8-5-2/h35-36H,4-34H2,1-3H3/q+1. The zero-order chi connectivity index (χ0) is 28.1. The molecule has 1 aromatic heterocycles. The average molecular weight is 546 g/mol. The van der Waals surface area contributed by atoms with Crippen molar-refractivity contribution in [1.29, 1.82) is 0 Å². The van der Waals surface area contributed by atoms with Crippen LogP contribution in [0.3, 0.4) is 0 Å². The van der Waals surface area contributed by atoms with Crippen LogP contribution >= 0.6 is 0 Å². The summed E-state index contributed by atoms with van der Waals surface area (Å²) in [5, 5.41) is 0. The van der Waals surface area contributed by atoms with Gasteiger partial charge in [-0.2, -0.15) is 0 Å². The Morgan fingerprint density at radius 3 is 1.23 bits per heavy atom. The van der Waals surface area contributed by atoms with Crippen molar-refractivity contribution in [2.24, 2.45) is 0 Å². The molecule has 0 bridgehead atoms. The van der Waals surface area contributed by atoms with Crippen molar-refractivity contribution in [3.05, 3.63) is 18.2 Å². The van der Waals surface area contributed by atoms with E-state index in [0.717, 1.165) is 0 Å². The van der Waals surface area contributed by atoms with Crippen LogP contribution in [-0.2, 0) is 19.5 Å². The molecule has 0 atom stereocenters. The second-order valence-corrected chi connectivity index (χ2v) is 12.7. The maximum atomic E-state index is 2.61. The molecule has 2 nitrogen and oxygen atoms in total. The molecule has 2 heteroatoms. The van der Waals surface area contributed by atoms with Gasteiger partial charge in [0, 0.05) is 6.42 Å². The molecule has 0 unspecified atom stereocenters. The summed E-state index contributed by atoms with van der Waals surface area (Å²) in [5.74, 6) is 1.61. The first-order valence-electron chi connectivity index (χ1n) is 18.4. The number of aromatic nitrogens is 2. The number of rotatable bonds is 31. The fraction of sp³-hybridized carbons (Fsp3) is 0.919. The van der Waals surface area contributed by atoms with Crippen LogP contribution in [0, 0.1) is 0 Å². The Labute approximate surface area is 247 Å². The van der Waals surface area contributed by atoms with Crippen LogP contribution in [0.5, 0.6) is 0 Å². The minimum Gasteiger partial charge on any atom is -0.234 e. The second kappa shape index (κ2) is 28.7. The molecular weight excluding hydrogens is 472 g/mol. The van der Waals surface area contributed by atoms with Gasteiger partial charge in [0.15, 0.2) is 0 Å². The lowest BCUT2D eigenvalue weighted by atomic mass is 10.0. The molecule has 230 valence electrons. The first-order valence-corrected chi connectivity index (χ1v) is 18.4. The van der Waals surface area contributed by atoms with E-state index in [0.29, 0.717) is 0 Å². The van der Waals surface area contributed by atoms with Crippen LogP contribution < -0.4 is 4.57 Å². The zero-order valence-electron chi connectivity index (χ0n) is 27.5. The number of imidazole rings is 1. The molecule has 0 fully saturated rings. The molecular formula is C37H73N2+. The third-order valence-electron chi connectivity index (χ3n) is 8.85. The minimum atomic E-state index is 1.21. The van der Waals surface area contributed by atoms with Gasteiger partial charge in [-0.1, -0.05) is 168 Å². The largest absolute Gasteiger partial charge is 0.256 e. The van der Waals surface area contributed by atoms with Crippen LogP contribution in [0.25, 0.3) is 0 Å². The average Bonchev–Trinajstić information content (AvgIpc) is 3.33. The van der Waals surface area contributed by atoms with Crippen LogP contribution in [0.15, 0.2) is 12.4 Å². The van der Waals surface area contributed by atoms with Crippen LogP contribution in [0.4, 0.5) is 0 Å². The number of unbranched alkanes of at least 4 members (excludes halogenated alkanes) is 25. The van der Waals surface area contributed by atoms with Crippen LogP contribution in [0.1, 0.15) is 206 Å². The molecule has 0 spiro atoms. The molecule has 1 heterocycles. The summed E-state index contributed by atoms with van der Waals surface area (Å²) in [7, 11) is 0. The summed E-state index contributed by atoms with van der Waals surface area (Å²) in [6.07, 6.45) is 46.0. The molecule has 0 aromatic carbocycles. The first kappa shape index (κ1) is 36.2. The maximum absolute atomic E-state index is 2.61. The molecule has 0 radical (unpaired) electrons. The third kappa shape index (κ3) is 21.6. The molecule has 0 amide bonds. The van der Waals surface area contributed by atoms with Gasteiger partial charge >= 0.3 is 0 Å². The smallest absolute Gasteiger partial charge is 0.234 e. The van der Waals surface area contributed by atoms with Crippen LogP contribution in [-0.4, -0.2) is 4.57 Å². The minimum absolute atomic E-state index is 1.21. The molecule has 39 heavy (non-hydrogen) atoms. The van der Waals surface area contributed by atoms with Crippen molar-refractivity contribution in [3.8, 4) is 0 Å². The quantitative estimate of drug-likeness (QED) is 0.0648. The zero-order valence-corrected chi connectivity index (χ0v) is 27.5. The SMILES string of the molecule is CCCCCCCCCCCCCCCCCCC[n+]1ccn(CCCCC)c1CCCCCCCCCC. The van der Waals surface area contributed by atoms with Gasteiger partial charge in [-0.25, -0.2) is 9.13 Å². The number of hydrogen-bond acceptors (Lipinski definition) is 0. The van der Waals surface area contributed by atoms with Gasteiger partial charge in [-0.3, -0.25) is 0 Å². The van der Waals surface area contributed by atoms with E-state index in [1.54, 1.807) is 5.82 Å². The van der Waals surface area contributed by atoms with E-state index < -0.39 is 0 Å². The third-order valence-corrected chi connectivity index (χ3v) is 8.85. The van der Waals surface area contributed by atoms with E-state index in [9.17, 15) is 0 Å². The van der Waals surface area contributed by atoms with E-state index in [4.69, 9.17) is 0 Å². The van der Waals surface area contributed by atoms with Crippen molar-refractivity contribution in [1.82, 2.24) is 4.57 Å². The Hall–Kier alpha value is -0.790. The molecule has 1 aromatic rings. The fourth-order valence-corrected chi connectivity index (χ4v) is 6.15. The van der Waals surface area contributed by atoms with E-state index >= 15 is 0 Å². The van der Waals surface area contributed by atoms with E-state index in [1.165, 1.54) is 199 Å². The molecule has 0 saturated heterocycles. The van der Waals surface area contributed by atoms with Gasteiger partial charge in [0.05, 0.1) is 13.1 Å². The lowest BCUT2D eigenvalue weighted by molar-refractivity contribution is -0.704. The van der Waals surface area contributed by atoms with Crippen molar-refractivity contribution in [3.63, 3.8) is 0 Å². The summed E-state index contributed by atoms with van der Waals surface area (Å²) in [6.45, 7) is 9.38. The van der Waals surface area contributed by atoms with Crippen LogP contribution in [0.2, 0.25) is 0 Å². The lowest BCUT2D eigenvalue weighted by Crippen LogP contribution is -2.37. The van der Waals surface area contributed by atoms with Gasteiger partial charge in [0.2, 0.25) is 0 Å². The first-order chi connectivity index (χ1) is 19.3. The number of aryl methyl sites for hydroxylation is 2. The van der Waals surface area contributed by atoms with Crippen molar-refractivity contribution >= 4 is 0 Å². The number of nitrogens with zero attached hydrogens (tertiary/aromatic N) is 2. The van der Waals surface area contributed by atoms with E-state index in [2.05, 4.69) is 42.3 Å². The summed E-state index contributed by atoms with van der Waals surface area (Å²) in [5.41, 5.74) is 0. The topological polar surface area (TPSA) is 8.81 Å². The van der Waals surface area contributed by atoms with Gasteiger partial charge in [-0.15, -0.1) is 0 Å². The monoisotopic (exact) mass is 546 g/mol. The Balaban J connectivity index is 2.10. The lowest BCUT2D eigenvalue weighted by Gasteiger charge is -2.07. The molecule has 0 saturated carbocycles. The summed E-state index contributed by atoms with van der Waals surface area (Å²) < 4.78 is 5.20. The highest BCUT2D eigenvalue weighted by atomic mass is 15.1. The fourth-order valence-electron chi connectivity index (χ4n) is 6.15. The highest BCUT2D eigenvalue weighted by Crippen LogP contribution is 2.15. The summed E-state index contributed by atoms with van der Waals surface area (Å²) in [6, 6.07) is 0. The highest BCUT2D eigenvalue weighted by molar-refractivity contribution is 4.84. The maximum Gasteiger partial charge on any atom is 0.256 e. The Morgan fingerprint density at radius 2 is 0.795 bits per heavy atom. The van der Waals surface area contributed by atoms with Gasteiger partial charge < -0.3 is 0 Å². The second-order valence-electron chi connectivity index (χ2n) is 12.7. The molecule has 0 N–H and O–H groups in total. The molecule has 0 aliphatic carbocycles.